The van der Waals surface area contributed by atoms with Crippen LogP contribution in [0.15, 0.2) is 24.3 Å². The molecule has 1 aromatic carbocycles. The maximum atomic E-state index is 13.3. The first kappa shape index (κ1) is 13.3. The molecule has 0 amide bonds. The molecule has 0 heterocycles. The van der Waals surface area contributed by atoms with Gasteiger partial charge >= 0.3 is 0 Å². The van der Waals surface area contributed by atoms with Crippen LogP contribution < -0.4 is 10.1 Å². The van der Waals surface area contributed by atoms with Crippen molar-refractivity contribution < 1.29 is 9.13 Å². The number of halogens is 1. The third kappa shape index (κ3) is 3.70. The molecule has 2 atom stereocenters. The van der Waals surface area contributed by atoms with E-state index in [4.69, 9.17) is 4.74 Å². The van der Waals surface area contributed by atoms with Crippen LogP contribution in [0.5, 0.6) is 5.75 Å². The topological polar surface area (TPSA) is 21.3 Å². The molecule has 0 radical (unpaired) electrons. The minimum atomic E-state index is -0.288. The average Bonchev–Trinajstić information content (AvgIpc) is 2.38. The first-order valence-corrected chi connectivity index (χ1v) is 6.88. The number of nitrogens with one attached hydrogen (secondary N) is 1. The molecule has 0 spiro atoms. The van der Waals surface area contributed by atoms with E-state index in [0.717, 1.165) is 12.5 Å². The molecule has 1 aromatic rings. The van der Waals surface area contributed by atoms with E-state index in [2.05, 4.69) is 12.2 Å². The highest BCUT2D eigenvalue weighted by molar-refractivity contribution is 5.23. The van der Waals surface area contributed by atoms with Gasteiger partial charge in [0, 0.05) is 12.6 Å². The minimum absolute atomic E-state index is 0.288. The van der Waals surface area contributed by atoms with Gasteiger partial charge in [-0.05, 0) is 30.9 Å². The summed E-state index contributed by atoms with van der Waals surface area (Å²) in [6, 6.07) is 7.15. The summed E-state index contributed by atoms with van der Waals surface area (Å²) in [7, 11) is 0. The largest absolute Gasteiger partial charge is 0.489 e. The van der Waals surface area contributed by atoms with Crippen LogP contribution in [0.3, 0.4) is 0 Å². The lowest BCUT2D eigenvalue weighted by Gasteiger charge is -2.29. The Labute approximate surface area is 109 Å². The predicted octanol–water partition coefficient (Wildman–Crippen LogP) is 3.37. The van der Waals surface area contributed by atoms with Gasteiger partial charge in [0.2, 0.25) is 0 Å². The van der Waals surface area contributed by atoms with Gasteiger partial charge in [-0.2, -0.15) is 0 Å². The van der Waals surface area contributed by atoms with Crippen LogP contribution >= 0.6 is 0 Å². The zero-order valence-corrected chi connectivity index (χ0v) is 11.0. The summed E-state index contributed by atoms with van der Waals surface area (Å²) in [4.78, 5) is 0. The Morgan fingerprint density at radius 2 is 2.06 bits per heavy atom. The summed E-state index contributed by atoms with van der Waals surface area (Å²) in [6.45, 7) is 3.60. The van der Waals surface area contributed by atoms with Crippen LogP contribution in [-0.4, -0.2) is 19.2 Å². The molecule has 100 valence electrons. The zero-order chi connectivity index (χ0) is 12.8. The SMILES string of the molecule is CC1CCCCC1NCCOc1ccccc1F. The molecule has 18 heavy (non-hydrogen) atoms. The fraction of sp³-hybridized carbons (Fsp3) is 0.600. The number of benzene rings is 1. The fourth-order valence-electron chi connectivity index (χ4n) is 2.59. The summed E-state index contributed by atoms with van der Waals surface area (Å²) < 4.78 is 18.7. The maximum absolute atomic E-state index is 13.3. The van der Waals surface area contributed by atoms with Crippen molar-refractivity contribution in [2.24, 2.45) is 5.92 Å². The van der Waals surface area contributed by atoms with E-state index in [1.165, 1.54) is 31.7 Å². The Bertz CT molecular complexity index is 369. The van der Waals surface area contributed by atoms with E-state index in [-0.39, 0.29) is 5.82 Å². The minimum Gasteiger partial charge on any atom is -0.489 e. The first-order chi connectivity index (χ1) is 8.77. The second-order valence-corrected chi connectivity index (χ2v) is 5.10. The molecule has 0 aliphatic heterocycles. The van der Waals surface area contributed by atoms with Crippen molar-refractivity contribution >= 4 is 0 Å². The summed E-state index contributed by atoms with van der Waals surface area (Å²) in [6.07, 6.45) is 5.23. The highest BCUT2D eigenvalue weighted by Crippen LogP contribution is 2.23. The molecule has 1 N–H and O–H groups in total. The second kappa shape index (κ2) is 6.74. The van der Waals surface area contributed by atoms with Crippen LogP contribution in [0.4, 0.5) is 4.39 Å². The monoisotopic (exact) mass is 251 g/mol. The summed E-state index contributed by atoms with van der Waals surface area (Å²) in [5.74, 6) is 0.798. The molecule has 2 nitrogen and oxygen atoms in total. The molecule has 1 fully saturated rings. The first-order valence-electron chi connectivity index (χ1n) is 6.88. The molecular formula is C15H22FNO. The molecule has 1 aliphatic rings. The third-order valence-electron chi connectivity index (χ3n) is 3.71. The average molecular weight is 251 g/mol. The van der Waals surface area contributed by atoms with Gasteiger partial charge in [-0.15, -0.1) is 0 Å². The Morgan fingerprint density at radius 3 is 2.83 bits per heavy atom. The Balaban J connectivity index is 1.68. The molecule has 1 aliphatic carbocycles. The van der Waals surface area contributed by atoms with Gasteiger partial charge < -0.3 is 10.1 Å². The van der Waals surface area contributed by atoms with Crippen LogP contribution in [-0.2, 0) is 0 Å². The number of rotatable bonds is 5. The van der Waals surface area contributed by atoms with Crippen LogP contribution in [0, 0.1) is 11.7 Å². The standard InChI is InChI=1S/C15H22FNO/c1-12-6-2-4-8-14(12)17-10-11-18-15-9-5-3-7-13(15)16/h3,5,7,9,12,14,17H,2,4,6,8,10-11H2,1H3. The van der Waals surface area contributed by atoms with Gasteiger partial charge in [0.25, 0.3) is 0 Å². The smallest absolute Gasteiger partial charge is 0.165 e. The van der Waals surface area contributed by atoms with Crippen LogP contribution in [0.25, 0.3) is 0 Å². The predicted molar refractivity (Wildman–Crippen MR) is 71.3 cm³/mol. The van der Waals surface area contributed by atoms with Gasteiger partial charge in [-0.1, -0.05) is 31.9 Å². The number of ether oxygens (including phenoxy) is 1. The highest BCUT2D eigenvalue weighted by Gasteiger charge is 2.20. The normalized spacial score (nSPS) is 23.9. The van der Waals surface area contributed by atoms with Crippen molar-refractivity contribution in [3.63, 3.8) is 0 Å². The van der Waals surface area contributed by atoms with Crippen molar-refractivity contribution in [2.45, 2.75) is 38.6 Å². The van der Waals surface area contributed by atoms with E-state index in [1.54, 1.807) is 18.2 Å². The van der Waals surface area contributed by atoms with Crippen molar-refractivity contribution in [1.82, 2.24) is 5.32 Å². The molecule has 2 rings (SSSR count). The Morgan fingerprint density at radius 1 is 1.28 bits per heavy atom. The van der Waals surface area contributed by atoms with Crippen molar-refractivity contribution in [3.8, 4) is 5.75 Å². The van der Waals surface area contributed by atoms with Crippen LogP contribution in [0.1, 0.15) is 32.6 Å². The van der Waals surface area contributed by atoms with Crippen molar-refractivity contribution in [2.75, 3.05) is 13.2 Å². The zero-order valence-electron chi connectivity index (χ0n) is 11.0. The third-order valence-corrected chi connectivity index (χ3v) is 3.71. The molecule has 2 unspecified atom stereocenters. The maximum Gasteiger partial charge on any atom is 0.165 e. The molecule has 1 saturated carbocycles. The Hall–Kier alpha value is -1.09. The van der Waals surface area contributed by atoms with Gasteiger partial charge in [0.1, 0.15) is 6.61 Å². The fourth-order valence-corrected chi connectivity index (χ4v) is 2.59. The molecular weight excluding hydrogens is 229 g/mol. The number of hydrogen-bond acceptors (Lipinski definition) is 2. The summed E-state index contributed by atoms with van der Waals surface area (Å²) in [5, 5.41) is 3.51. The summed E-state index contributed by atoms with van der Waals surface area (Å²) >= 11 is 0. The van der Waals surface area contributed by atoms with Crippen LogP contribution in [0.2, 0.25) is 0 Å². The lowest BCUT2D eigenvalue weighted by Crippen LogP contribution is -2.39. The number of hydrogen-bond donors (Lipinski definition) is 1. The van der Waals surface area contributed by atoms with E-state index in [0.29, 0.717) is 18.4 Å². The van der Waals surface area contributed by atoms with Gasteiger partial charge in [0.05, 0.1) is 0 Å². The van der Waals surface area contributed by atoms with E-state index < -0.39 is 0 Å². The lowest BCUT2D eigenvalue weighted by molar-refractivity contribution is 0.247. The summed E-state index contributed by atoms with van der Waals surface area (Å²) in [5.41, 5.74) is 0. The molecule has 0 saturated heterocycles. The Kier molecular flexibility index (Phi) is 5.00. The van der Waals surface area contributed by atoms with E-state index in [9.17, 15) is 4.39 Å². The second-order valence-electron chi connectivity index (χ2n) is 5.10. The van der Waals surface area contributed by atoms with Gasteiger partial charge in [-0.3, -0.25) is 0 Å². The van der Waals surface area contributed by atoms with Gasteiger partial charge in [-0.25, -0.2) is 4.39 Å². The van der Waals surface area contributed by atoms with Crippen molar-refractivity contribution in [3.05, 3.63) is 30.1 Å². The molecule has 0 bridgehead atoms. The highest BCUT2D eigenvalue weighted by atomic mass is 19.1. The lowest BCUT2D eigenvalue weighted by atomic mass is 9.86. The van der Waals surface area contributed by atoms with Crippen molar-refractivity contribution in [1.29, 1.82) is 0 Å². The quantitative estimate of drug-likeness (QED) is 0.810. The van der Waals surface area contributed by atoms with E-state index >= 15 is 0 Å². The molecule has 0 aromatic heterocycles. The number of para-hydroxylation sites is 1. The molecule has 3 heteroatoms. The van der Waals surface area contributed by atoms with Gasteiger partial charge in [0.15, 0.2) is 11.6 Å². The van der Waals surface area contributed by atoms with E-state index in [1.807, 2.05) is 0 Å².